The molecule has 3 saturated heterocycles. The van der Waals surface area contributed by atoms with Gasteiger partial charge in [0, 0.05) is 57.4 Å². The van der Waals surface area contributed by atoms with Crippen LogP contribution in [0.15, 0.2) is 24.3 Å². The third kappa shape index (κ3) is 6.23. The van der Waals surface area contributed by atoms with E-state index in [9.17, 15) is 9.59 Å². The Labute approximate surface area is 191 Å². The zero-order valence-electron chi connectivity index (χ0n) is 19.2. The van der Waals surface area contributed by atoms with Crippen molar-refractivity contribution in [3.8, 4) is 5.75 Å². The van der Waals surface area contributed by atoms with Crippen LogP contribution >= 0.6 is 0 Å². The number of benzene rings is 1. The molecule has 0 spiro atoms. The van der Waals surface area contributed by atoms with Crippen LogP contribution in [0.2, 0.25) is 0 Å². The number of hydrogen-bond donors (Lipinski definition) is 0. The van der Waals surface area contributed by atoms with Crippen LogP contribution in [0.4, 0.5) is 0 Å². The van der Waals surface area contributed by atoms with Crippen LogP contribution in [-0.2, 0) is 9.53 Å². The van der Waals surface area contributed by atoms with Crippen LogP contribution in [0.1, 0.15) is 48.9 Å². The molecule has 1 aromatic rings. The van der Waals surface area contributed by atoms with Gasteiger partial charge < -0.3 is 24.2 Å². The minimum atomic E-state index is 0.0276. The predicted octanol–water partition coefficient (Wildman–Crippen LogP) is 2.65. The van der Waals surface area contributed by atoms with Crippen molar-refractivity contribution >= 4 is 11.8 Å². The van der Waals surface area contributed by atoms with Gasteiger partial charge in [0.2, 0.25) is 5.91 Å². The first-order chi connectivity index (χ1) is 15.7. The van der Waals surface area contributed by atoms with Crippen molar-refractivity contribution in [1.29, 1.82) is 0 Å². The summed E-state index contributed by atoms with van der Waals surface area (Å²) in [5, 5.41) is 0. The Morgan fingerprint density at radius 3 is 2.22 bits per heavy atom. The lowest BCUT2D eigenvalue weighted by molar-refractivity contribution is -0.140. The molecular formula is C25H37N3O4. The van der Waals surface area contributed by atoms with Gasteiger partial charge in [0.1, 0.15) is 5.75 Å². The van der Waals surface area contributed by atoms with Gasteiger partial charge in [-0.1, -0.05) is 6.42 Å². The number of nitrogens with zero attached hydrogens (tertiary/aromatic N) is 3. The lowest BCUT2D eigenvalue weighted by Gasteiger charge is -2.37. The fourth-order valence-electron chi connectivity index (χ4n) is 4.87. The Balaban J connectivity index is 1.18. The van der Waals surface area contributed by atoms with E-state index in [0.717, 1.165) is 31.6 Å². The van der Waals surface area contributed by atoms with Crippen molar-refractivity contribution in [3.05, 3.63) is 29.8 Å². The summed E-state index contributed by atoms with van der Waals surface area (Å²) < 4.78 is 11.2. The molecule has 2 amide bonds. The second-order valence-corrected chi connectivity index (χ2v) is 9.13. The first-order valence-electron chi connectivity index (χ1n) is 12.3. The highest BCUT2D eigenvalue weighted by Gasteiger charge is 2.30. The van der Waals surface area contributed by atoms with E-state index in [1.54, 1.807) is 0 Å². The van der Waals surface area contributed by atoms with Crippen LogP contribution < -0.4 is 4.74 Å². The van der Waals surface area contributed by atoms with Gasteiger partial charge in [-0.2, -0.15) is 0 Å². The highest BCUT2D eigenvalue weighted by molar-refractivity contribution is 5.94. The largest absolute Gasteiger partial charge is 0.494 e. The molecule has 32 heavy (non-hydrogen) atoms. The van der Waals surface area contributed by atoms with Gasteiger partial charge in [0.25, 0.3) is 5.91 Å². The highest BCUT2D eigenvalue weighted by Crippen LogP contribution is 2.20. The fourth-order valence-corrected chi connectivity index (χ4v) is 4.87. The van der Waals surface area contributed by atoms with Gasteiger partial charge in [-0.25, -0.2) is 0 Å². The summed E-state index contributed by atoms with van der Waals surface area (Å²) in [5.41, 5.74) is 0.676. The molecule has 4 rings (SSSR count). The van der Waals surface area contributed by atoms with E-state index in [2.05, 4.69) is 4.90 Å². The Kier molecular flexibility index (Phi) is 8.40. The zero-order valence-corrected chi connectivity index (χ0v) is 19.2. The molecule has 0 atom stereocenters. The number of carbonyl (C=O) groups excluding carboxylic acids is 2. The maximum atomic E-state index is 12.9. The third-order valence-corrected chi connectivity index (χ3v) is 6.89. The van der Waals surface area contributed by atoms with Crippen LogP contribution in [0.3, 0.4) is 0 Å². The summed E-state index contributed by atoms with van der Waals surface area (Å²) in [4.78, 5) is 31.9. The molecule has 0 saturated carbocycles. The molecule has 0 N–H and O–H groups in total. The maximum Gasteiger partial charge on any atom is 0.253 e. The average Bonchev–Trinajstić information content (AvgIpc) is 2.87. The second kappa shape index (κ2) is 11.7. The van der Waals surface area contributed by atoms with E-state index in [1.165, 1.54) is 32.4 Å². The molecule has 7 heteroatoms. The number of ether oxygens (including phenoxy) is 2. The van der Waals surface area contributed by atoms with E-state index < -0.39 is 0 Å². The lowest BCUT2D eigenvalue weighted by atomic mass is 9.98. The first-order valence-corrected chi connectivity index (χ1v) is 12.3. The van der Waals surface area contributed by atoms with E-state index in [1.807, 2.05) is 34.1 Å². The molecule has 0 aromatic heterocycles. The van der Waals surface area contributed by atoms with Gasteiger partial charge in [-0.05, 0) is 69.5 Å². The number of piperidine rings is 1. The Morgan fingerprint density at radius 1 is 0.875 bits per heavy atom. The van der Waals surface area contributed by atoms with E-state index in [0.29, 0.717) is 51.6 Å². The van der Waals surface area contributed by atoms with Crippen molar-refractivity contribution in [2.45, 2.75) is 38.5 Å². The normalized spacial score (nSPS) is 20.9. The topological polar surface area (TPSA) is 62.3 Å². The number of likely N-dealkylation sites (tertiary alicyclic amines) is 1. The van der Waals surface area contributed by atoms with E-state index in [4.69, 9.17) is 9.47 Å². The summed E-state index contributed by atoms with van der Waals surface area (Å²) >= 11 is 0. The molecular weight excluding hydrogens is 406 g/mol. The Morgan fingerprint density at radius 2 is 1.53 bits per heavy atom. The minimum absolute atomic E-state index is 0.0276. The minimum Gasteiger partial charge on any atom is -0.494 e. The first kappa shape index (κ1) is 23.1. The molecule has 0 unspecified atom stereocenters. The fraction of sp³-hybridized carbons (Fsp3) is 0.680. The van der Waals surface area contributed by atoms with E-state index >= 15 is 0 Å². The second-order valence-electron chi connectivity index (χ2n) is 9.13. The van der Waals surface area contributed by atoms with Gasteiger partial charge in [0.15, 0.2) is 0 Å². The molecule has 3 fully saturated rings. The van der Waals surface area contributed by atoms with Crippen molar-refractivity contribution < 1.29 is 19.1 Å². The molecule has 0 bridgehead atoms. The van der Waals surface area contributed by atoms with Gasteiger partial charge in [-0.3, -0.25) is 9.59 Å². The van der Waals surface area contributed by atoms with Crippen molar-refractivity contribution in [1.82, 2.24) is 14.7 Å². The molecule has 0 aliphatic carbocycles. The van der Waals surface area contributed by atoms with Crippen molar-refractivity contribution in [2.24, 2.45) is 5.92 Å². The quantitative estimate of drug-likeness (QED) is 0.607. The SMILES string of the molecule is O=C(c1ccc(OCCCN2CCCCC2)cc1)N1CCN(C(=O)C2CCOCC2)CC1. The third-order valence-electron chi connectivity index (χ3n) is 6.89. The number of amides is 2. The standard InChI is InChI=1S/C25H37N3O4/c29-24(27-14-16-28(17-15-27)25(30)22-9-19-31-20-10-22)21-5-7-23(8-6-21)32-18-4-13-26-11-2-1-3-12-26/h5-8,22H,1-4,9-20H2. The number of rotatable bonds is 7. The molecule has 7 nitrogen and oxygen atoms in total. The molecule has 0 radical (unpaired) electrons. The summed E-state index contributed by atoms with van der Waals surface area (Å²) in [7, 11) is 0. The molecule has 1 aromatic carbocycles. The van der Waals surface area contributed by atoms with Crippen LogP contribution in [0, 0.1) is 5.92 Å². The van der Waals surface area contributed by atoms with Crippen molar-refractivity contribution in [2.75, 3.05) is 65.6 Å². The van der Waals surface area contributed by atoms with Crippen LogP contribution in [0.25, 0.3) is 0 Å². The van der Waals surface area contributed by atoms with E-state index in [-0.39, 0.29) is 17.7 Å². The Hall–Kier alpha value is -2.12. The van der Waals surface area contributed by atoms with Crippen LogP contribution in [-0.4, -0.2) is 92.1 Å². The van der Waals surface area contributed by atoms with Crippen molar-refractivity contribution in [3.63, 3.8) is 0 Å². The maximum absolute atomic E-state index is 12.9. The van der Waals surface area contributed by atoms with Gasteiger partial charge in [0.05, 0.1) is 6.61 Å². The molecule has 3 aliphatic heterocycles. The number of carbonyl (C=O) groups is 2. The zero-order chi connectivity index (χ0) is 22.2. The monoisotopic (exact) mass is 443 g/mol. The highest BCUT2D eigenvalue weighted by atomic mass is 16.5. The predicted molar refractivity (Wildman–Crippen MR) is 123 cm³/mol. The summed E-state index contributed by atoms with van der Waals surface area (Å²) in [6.45, 7) is 7.97. The molecule has 176 valence electrons. The smallest absolute Gasteiger partial charge is 0.253 e. The number of hydrogen-bond acceptors (Lipinski definition) is 5. The molecule has 3 aliphatic rings. The average molecular weight is 444 g/mol. The van der Waals surface area contributed by atoms with Gasteiger partial charge >= 0.3 is 0 Å². The molecule has 3 heterocycles. The summed E-state index contributed by atoms with van der Waals surface area (Å²) in [6.07, 6.45) is 6.64. The summed E-state index contributed by atoms with van der Waals surface area (Å²) in [6, 6.07) is 7.47. The Bertz CT molecular complexity index is 734. The van der Waals surface area contributed by atoms with Gasteiger partial charge in [-0.15, -0.1) is 0 Å². The number of piperazine rings is 1. The lowest BCUT2D eigenvalue weighted by Crippen LogP contribution is -2.52. The summed E-state index contributed by atoms with van der Waals surface area (Å²) in [5.74, 6) is 1.15. The van der Waals surface area contributed by atoms with Crippen LogP contribution in [0.5, 0.6) is 5.75 Å².